The molecule has 0 fully saturated rings. The lowest BCUT2D eigenvalue weighted by molar-refractivity contribution is -0.117. The first kappa shape index (κ1) is 26.0. The fourth-order valence-corrected chi connectivity index (χ4v) is 5.54. The second kappa shape index (κ2) is 10.7. The predicted molar refractivity (Wildman–Crippen MR) is 158 cm³/mol. The molecule has 1 aliphatic rings. The Morgan fingerprint density at radius 2 is 1.61 bits per heavy atom. The number of H-pyrrole nitrogens is 1. The molecule has 0 saturated carbocycles. The molecular formula is C33H29N3O5. The third-order valence-corrected chi connectivity index (χ3v) is 7.43. The summed E-state index contributed by atoms with van der Waals surface area (Å²) in [6, 6.07) is 28.0. The van der Waals surface area contributed by atoms with Gasteiger partial charge in [0.25, 0.3) is 5.91 Å². The molecule has 2 amide bonds. The maximum Gasteiger partial charge on any atom is 0.255 e. The summed E-state index contributed by atoms with van der Waals surface area (Å²) in [5.74, 6) is 1.24. The van der Waals surface area contributed by atoms with Gasteiger partial charge in [-0.1, -0.05) is 48.5 Å². The molecule has 0 radical (unpaired) electrons. The van der Waals surface area contributed by atoms with Crippen LogP contribution >= 0.6 is 0 Å². The molecule has 2 N–H and O–H groups in total. The number of nitrogens with one attached hydrogen (secondary N) is 2. The highest BCUT2D eigenvalue weighted by Crippen LogP contribution is 2.45. The van der Waals surface area contributed by atoms with Crippen LogP contribution in [0.4, 0.5) is 5.69 Å². The van der Waals surface area contributed by atoms with Gasteiger partial charge in [0.1, 0.15) is 23.8 Å². The van der Waals surface area contributed by atoms with Gasteiger partial charge in [0.05, 0.1) is 38.8 Å². The molecule has 206 valence electrons. The van der Waals surface area contributed by atoms with Crippen molar-refractivity contribution in [1.29, 1.82) is 0 Å². The second-order valence-corrected chi connectivity index (χ2v) is 9.73. The van der Waals surface area contributed by atoms with Gasteiger partial charge in [0.15, 0.2) is 0 Å². The minimum atomic E-state index is -0.500. The van der Waals surface area contributed by atoms with E-state index in [1.54, 1.807) is 37.3 Å². The first-order valence-electron chi connectivity index (χ1n) is 13.2. The summed E-state index contributed by atoms with van der Waals surface area (Å²) in [5, 5.41) is 3.89. The van der Waals surface area contributed by atoms with E-state index in [-0.39, 0.29) is 18.4 Å². The fraction of sp³-hybridized carbons (Fsp3) is 0.152. The molecule has 0 unspecified atom stereocenters. The molecular weight excluding hydrogens is 518 g/mol. The molecule has 0 saturated heterocycles. The highest BCUT2D eigenvalue weighted by Gasteiger charge is 2.41. The second-order valence-electron chi connectivity index (χ2n) is 9.73. The number of carbonyl (C=O) groups is 2. The van der Waals surface area contributed by atoms with Crippen LogP contribution in [0, 0.1) is 0 Å². The van der Waals surface area contributed by atoms with Crippen molar-refractivity contribution in [2.24, 2.45) is 0 Å². The molecule has 1 aromatic heterocycles. The highest BCUT2D eigenvalue weighted by molar-refractivity contribution is 6.05. The van der Waals surface area contributed by atoms with E-state index in [1.807, 2.05) is 72.8 Å². The van der Waals surface area contributed by atoms with Crippen LogP contribution in [0.5, 0.6) is 17.2 Å². The number of amides is 2. The van der Waals surface area contributed by atoms with Gasteiger partial charge in [0.2, 0.25) is 5.91 Å². The zero-order valence-corrected chi connectivity index (χ0v) is 22.9. The van der Waals surface area contributed by atoms with E-state index in [0.29, 0.717) is 22.7 Å². The predicted octanol–water partition coefficient (Wildman–Crippen LogP) is 6.04. The van der Waals surface area contributed by atoms with E-state index in [1.165, 1.54) is 7.11 Å². The lowest BCUT2D eigenvalue weighted by atomic mass is 9.93. The van der Waals surface area contributed by atoms with Gasteiger partial charge >= 0.3 is 0 Å². The summed E-state index contributed by atoms with van der Waals surface area (Å²) in [6.07, 6.45) is 0. The lowest BCUT2D eigenvalue weighted by Crippen LogP contribution is -2.36. The average molecular weight is 548 g/mol. The molecule has 4 aromatic carbocycles. The summed E-state index contributed by atoms with van der Waals surface area (Å²) < 4.78 is 16.2. The number of para-hydroxylation sites is 1. The number of ether oxygens (including phenoxy) is 3. The zero-order chi connectivity index (χ0) is 28.5. The van der Waals surface area contributed by atoms with Crippen molar-refractivity contribution in [1.82, 2.24) is 9.88 Å². The van der Waals surface area contributed by atoms with Gasteiger partial charge in [0, 0.05) is 33.7 Å². The maximum atomic E-state index is 13.9. The normalized spacial score (nSPS) is 14.2. The summed E-state index contributed by atoms with van der Waals surface area (Å²) in [4.78, 5) is 32.6. The SMILES string of the molecule is COc1cccc(-c2[nH]c3ccccc3c2[C@H]2c3ccccc3C(=O)N2CC(=O)Nc2ccc(OC)cc2OC)c1. The minimum Gasteiger partial charge on any atom is -0.497 e. The molecule has 0 bridgehead atoms. The molecule has 41 heavy (non-hydrogen) atoms. The van der Waals surface area contributed by atoms with Crippen LogP contribution < -0.4 is 19.5 Å². The number of nitrogens with zero attached hydrogens (tertiary/aromatic N) is 1. The number of fused-ring (bicyclic) bond motifs is 2. The molecule has 0 aliphatic carbocycles. The smallest absolute Gasteiger partial charge is 0.255 e. The number of benzene rings is 4. The zero-order valence-electron chi connectivity index (χ0n) is 22.9. The quantitative estimate of drug-likeness (QED) is 0.247. The Hall–Kier alpha value is -5.24. The van der Waals surface area contributed by atoms with Gasteiger partial charge in [-0.15, -0.1) is 0 Å². The number of hydrogen-bond donors (Lipinski definition) is 2. The summed E-state index contributed by atoms with van der Waals surface area (Å²) in [5.41, 5.74) is 5.55. The lowest BCUT2D eigenvalue weighted by Gasteiger charge is -2.26. The average Bonchev–Trinajstić information content (AvgIpc) is 3.52. The molecule has 2 heterocycles. The van der Waals surface area contributed by atoms with Gasteiger partial charge in [-0.2, -0.15) is 0 Å². The van der Waals surface area contributed by atoms with Crippen LogP contribution in [0.15, 0.2) is 91.0 Å². The topological polar surface area (TPSA) is 92.9 Å². The summed E-state index contributed by atoms with van der Waals surface area (Å²) in [6.45, 7) is -0.162. The van der Waals surface area contributed by atoms with Crippen LogP contribution in [-0.2, 0) is 4.79 Å². The van der Waals surface area contributed by atoms with Gasteiger partial charge in [-0.3, -0.25) is 9.59 Å². The molecule has 8 nitrogen and oxygen atoms in total. The van der Waals surface area contributed by atoms with E-state index in [0.717, 1.165) is 39.0 Å². The molecule has 0 spiro atoms. The van der Waals surface area contributed by atoms with Gasteiger partial charge < -0.3 is 29.4 Å². The van der Waals surface area contributed by atoms with Gasteiger partial charge in [-0.25, -0.2) is 0 Å². The fourth-order valence-electron chi connectivity index (χ4n) is 5.54. The number of hydrogen-bond acceptors (Lipinski definition) is 5. The number of methoxy groups -OCH3 is 3. The Balaban J connectivity index is 1.45. The monoisotopic (exact) mass is 547 g/mol. The Morgan fingerprint density at radius 3 is 2.41 bits per heavy atom. The standard InChI is InChI=1S/C33H29N3O5/c1-39-21-10-8-9-20(17-21)31-30(25-13-6-7-14-26(25)35-31)32-23-11-4-5-12-24(23)33(38)36(32)19-29(37)34-27-16-15-22(40-2)18-28(27)41-3/h4-18,32,35H,19H2,1-3H3,(H,34,37)/t32-/m1/s1. The third-order valence-electron chi connectivity index (χ3n) is 7.43. The van der Waals surface area contributed by atoms with Crippen LogP contribution in [0.2, 0.25) is 0 Å². The van der Waals surface area contributed by atoms with Crippen molar-refractivity contribution in [2.75, 3.05) is 33.2 Å². The molecule has 5 aromatic rings. The van der Waals surface area contributed by atoms with E-state index >= 15 is 0 Å². The minimum absolute atomic E-state index is 0.162. The van der Waals surface area contributed by atoms with Crippen LogP contribution in [0.3, 0.4) is 0 Å². The van der Waals surface area contributed by atoms with E-state index in [2.05, 4.69) is 10.3 Å². The number of rotatable bonds is 8. The first-order chi connectivity index (χ1) is 20.0. The Kier molecular flexibility index (Phi) is 6.81. The van der Waals surface area contributed by atoms with Crippen LogP contribution in [0.25, 0.3) is 22.2 Å². The first-order valence-corrected chi connectivity index (χ1v) is 13.2. The summed E-state index contributed by atoms with van der Waals surface area (Å²) >= 11 is 0. The van der Waals surface area contributed by atoms with E-state index in [9.17, 15) is 9.59 Å². The highest BCUT2D eigenvalue weighted by atomic mass is 16.5. The Labute approximate surface area is 237 Å². The summed E-state index contributed by atoms with van der Waals surface area (Å²) in [7, 11) is 4.72. The van der Waals surface area contributed by atoms with Crippen LogP contribution in [-0.4, -0.2) is 49.6 Å². The largest absolute Gasteiger partial charge is 0.497 e. The van der Waals surface area contributed by atoms with E-state index in [4.69, 9.17) is 14.2 Å². The van der Waals surface area contributed by atoms with Crippen molar-refractivity contribution in [3.8, 4) is 28.5 Å². The van der Waals surface area contributed by atoms with Gasteiger partial charge in [-0.05, 0) is 42.0 Å². The number of anilines is 1. The maximum absolute atomic E-state index is 13.9. The van der Waals surface area contributed by atoms with E-state index < -0.39 is 6.04 Å². The van der Waals surface area contributed by atoms with Crippen molar-refractivity contribution < 1.29 is 23.8 Å². The number of aromatic nitrogens is 1. The number of carbonyl (C=O) groups excluding carboxylic acids is 2. The number of aromatic amines is 1. The van der Waals surface area contributed by atoms with Crippen molar-refractivity contribution in [3.63, 3.8) is 0 Å². The van der Waals surface area contributed by atoms with Crippen molar-refractivity contribution in [2.45, 2.75) is 6.04 Å². The van der Waals surface area contributed by atoms with Crippen LogP contribution in [0.1, 0.15) is 27.5 Å². The third kappa shape index (κ3) is 4.63. The molecule has 1 aliphatic heterocycles. The Morgan fingerprint density at radius 1 is 0.854 bits per heavy atom. The molecule has 1 atom stereocenters. The van der Waals surface area contributed by atoms with Crippen molar-refractivity contribution in [3.05, 3.63) is 108 Å². The van der Waals surface area contributed by atoms with Crippen molar-refractivity contribution >= 4 is 28.4 Å². The Bertz CT molecular complexity index is 1780. The molecule has 6 rings (SSSR count). The molecule has 8 heteroatoms.